The molecule has 0 aromatic heterocycles. The zero-order valence-corrected chi connectivity index (χ0v) is 12.2. The zero-order valence-electron chi connectivity index (χ0n) is 10.7. The molecule has 7 nitrogen and oxygen atoms in total. The van der Waals surface area contributed by atoms with Crippen molar-refractivity contribution in [3.8, 4) is 5.75 Å². The van der Waals surface area contributed by atoms with Crippen LogP contribution in [0.2, 0.25) is 10.0 Å². The maximum atomic E-state index is 11.8. The summed E-state index contributed by atoms with van der Waals surface area (Å²) >= 11 is 11.5. The van der Waals surface area contributed by atoms with E-state index in [9.17, 15) is 14.4 Å². The van der Waals surface area contributed by atoms with Gasteiger partial charge < -0.3 is 20.5 Å². The minimum Gasteiger partial charge on any atom is -0.484 e. The van der Waals surface area contributed by atoms with Gasteiger partial charge in [-0.25, -0.2) is 0 Å². The third-order valence-electron chi connectivity index (χ3n) is 2.28. The van der Waals surface area contributed by atoms with Gasteiger partial charge in [0.05, 0.1) is 10.0 Å². The number of nitrogens with two attached hydrogens (primary N) is 1. The van der Waals surface area contributed by atoms with Crippen molar-refractivity contribution >= 4 is 41.0 Å². The minimum absolute atomic E-state index is 0.251. The molecule has 0 saturated carbocycles. The van der Waals surface area contributed by atoms with E-state index >= 15 is 0 Å². The lowest BCUT2D eigenvalue weighted by Crippen LogP contribution is -2.43. The molecule has 0 saturated heterocycles. The lowest BCUT2D eigenvalue weighted by atomic mass is 10.3. The largest absolute Gasteiger partial charge is 0.484 e. The standard InChI is InChI=1S/C12H12Cl2N2O5/c13-8-2-1-7(3-9(8)14)21-6-11(18)16(4-10(15)17)5-12(19)20/h1-3H,4-6H2,(H2,15,17)(H,19,20). The van der Waals surface area contributed by atoms with E-state index in [1.807, 2.05) is 0 Å². The van der Waals surface area contributed by atoms with Gasteiger partial charge in [0.15, 0.2) is 6.61 Å². The van der Waals surface area contributed by atoms with E-state index in [0.717, 1.165) is 4.90 Å². The SMILES string of the molecule is NC(=O)CN(CC(=O)O)C(=O)COc1ccc(Cl)c(Cl)c1. The van der Waals surface area contributed by atoms with Crippen LogP contribution in [0.15, 0.2) is 18.2 Å². The first-order valence-electron chi connectivity index (χ1n) is 5.65. The Morgan fingerprint density at radius 3 is 2.38 bits per heavy atom. The predicted molar refractivity (Wildman–Crippen MR) is 75.4 cm³/mol. The molecule has 1 aromatic carbocycles. The second kappa shape index (κ2) is 7.70. The summed E-state index contributed by atoms with van der Waals surface area (Å²) in [5.41, 5.74) is 4.95. The van der Waals surface area contributed by atoms with E-state index < -0.39 is 37.5 Å². The van der Waals surface area contributed by atoms with Gasteiger partial charge in [0, 0.05) is 6.07 Å². The fourth-order valence-corrected chi connectivity index (χ4v) is 1.67. The second-order valence-corrected chi connectivity index (χ2v) is 4.79. The van der Waals surface area contributed by atoms with Gasteiger partial charge in [-0.05, 0) is 12.1 Å². The fraction of sp³-hybridized carbons (Fsp3) is 0.250. The van der Waals surface area contributed by atoms with Crippen LogP contribution in [0.1, 0.15) is 0 Å². The van der Waals surface area contributed by atoms with Crippen molar-refractivity contribution < 1.29 is 24.2 Å². The second-order valence-electron chi connectivity index (χ2n) is 3.97. The third kappa shape index (κ3) is 5.88. The van der Waals surface area contributed by atoms with Crippen molar-refractivity contribution in [2.24, 2.45) is 5.73 Å². The molecular formula is C12H12Cl2N2O5. The molecule has 0 heterocycles. The molecule has 3 N–H and O–H groups in total. The lowest BCUT2D eigenvalue weighted by molar-refractivity contribution is -0.146. The number of carbonyl (C=O) groups excluding carboxylic acids is 2. The lowest BCUT2D eigenvalue weighted by Gasteiger charge is -2.19. The first kappa shape index (κ1) is 17.1. The van der Waals surface area contributed by atoms with Gasteiger partial charge in [0.25, 0.3) is 5.91 Å². The summed E-state index contributed by atoms with van der Waals surface area (Å²) in [5, 5.41) is 9.26. The number of nitrogens with zero attached hydrogens (tertiary/aromatic N) is 1. The highest BCUT2D eigenvalue weighted by Crippen LogP contribution is 2.26. The van der Waals surface area contributed by atoms with Crippen molar-refractivity contribution in [3.05, 3.63) is 28.2 Å². The summed E-state index contributed by atoms with van der Waals surface area (Å²) in [5.74, 6) is -2.49. The number of aliphatic carboxylic acids is 1. The average molecular weight is 335 g/mol. The van der Waals surface area contributed by atoms with Crippen LogP contribution in [0.25, 0.3) is 0 Å². The number of ether oxygens (including phenoxy) is 1. The number of halogens is 2. The quantitative estimate of drug-likeness (QED) is 0.765. The first-order chi connectivity index (χ1) is 9.79. The average Bonchev–Trinajstić information content (AvgIpc) is 2.38. The number of amides is 2. The van der Waals surface area contributed by atoms with Crippen LogP contribution in [-0.2, 0) is 14.4 Å². The van der Waals surface area contributed by atoms with E-state index in [1.54, 1.807) is 0 Å². The van der Waals surface area contributed by atoms with E-state index in [2.05, 4.69) is 0 Å². The summed E-state index contributed by atoms with van der Waals surface area (Å²) in [4.78, 5) is 34.0. The summed E-state index contributed by atoms with van der Waals surface area (Å²) in [7, 11) is 0. The van der Waals surface area contributed by atoms with Crippen molar-refractivity contribution in [1.29, 1.82) is 0 Å². The van der Waals surface area contributed by atoms with Crippen LogP contribution >= 0.6 is 23.2 Å². The molecule has 1 rings (SSSR count). The minimum atomic E-state index is -1.26. The fourth-order valence-electron chi connectivity index (χ4n) is 1.39. The van der Waals surface area contributed by atoms with E-state index in [4.69, 9.17) is 38.8 Å². The number of hydrogen-bond donors (Lipinski definition) is 2. The number of carbonyl (C=O) groups is 3. The van der Waals surface area contributed by atoms with Crippen LogP contribution in [0.3, 0.4) is 0 Å². The monoisotopic (exact) mass is 334 g/mol. The highest BCUT2D eigenvalue weighted by Gasteiger charge is 2.19. The maximum Gasteiger partial charge on any atom is 0.323 e. The molecule has 9 heteroatoms. The van der Waals surface area contributed by atoms with Crippen LogP contribution in [0.4, 0.5) is 0 Å². The Bertz CT molecular complexity index is 549. The Morgan fingerprint density at radius 1 is 1.19 bits per heavy atom. The van der Waals surface area contributed by atoms with Crippen LogP contribution < -0.4 is 10.5 Å². The molecule has 0 fully saturated rings. The Balaban J connectivity index is 2.65. The molecule has 0 aliphatic heterocycles. The van der Waals surface area contributed by atoms with Gasteiger partial charge in [0.2, 0.25) is 5.91 Å². The number of carboxylic acid groups (broad SMARTS) is 1. The van der Waals surface area contributed by atoms with E-state index in [1.165, 1.54) is 18.2 Å². The normalized spacial score (nSPS) is 10.0. The van der Waals surface area contributed by atoms with Crippen molar-refractivity contribution in [2.45, 2.75) is 0 Å². The molecule has 0 bridgehead atoms. The topological polar surface area (TPSA) is 110 Å². The van der Waals surface area contributed by atoms with Gasteiger partial charge in [-0.2, -0.15) is 0 Å². The first-order valence-corrected chi connectivity index (χ1v) is 6.41. The van der Waals surface area contributed by atoms with Crippen LogP contribution in [-0.4, -0.2) is 47.5 Å². The molecule has 0 aliphatic rings. The van der Waals surface area contributed by atoms with Gasteiger partial charge >= 0.3 is 5.97 Å². The summed E-state index contributed by atoms with van der Waals surface area (Å²) in [6.07, 6.45) is 0. The number of benzene rings is 1. The molecule has 0 aliphatic carbocycles. The number of hydrogen-bond acceptors (Lipinski definition) is 4. The van der Waals surface area contributed by atoms with Gasteiger partial charge in [-0.1, -0.05) is 23.2 Å². The molecule has 0 unspecified atom stereocenters. The molecule has 21 heavy (non-hydrogen) atoms. The molecular weight excluding hydrogens is 323 g/mol. The molecule has 0 spiro atoms. The van der Waals surface area contributed by atoms with Crippen LogP contribution in [0.5, 0.6) is 5.75 Å². The summed E-state index contributed by atoms with van der Waals surface area (Å²) < 4.78 is 5.17. The smallest absolute Gasteiger partial charge is 0.323 e. The van der Waals surface area contributed by atoms with Gasteiger partial charge in [-0.3, -0.25) is 14.4 Å². The molecule has 2 amide bonds. The number of primary amides is 1. The Labute approximate surface area is 130 Å². The van der Waals surface area contributed by atoms with Crippen LogP contribution in [0, 0.1) is 0 Å². The van der Waals surface area contributed by atoms with Crippen molar-refractivity contribution in [2.75, 3.05) is 19.7 Å². The Kier molecular flexibility index (Phi) is 6.26. The third-order valence-corrected chi connectivity index (χ3v) is 3.02. The number of carboxylic acids is 1. The highest BCUT2D eigenvalue weighted by molar-refractivity contribution is 6.42. The van der Waals surface area contributed by atoms with Gasteiger partial charge in [0.1, 0.15) is 18.8 Å². The number of rotatable bonds is 7. The van der Waals surface area contributed by atoms with Gasteiger partial charge in [-0.15, -0.1) is 0 Å². The van der Waals surface area contributed by atoms with Crippen molar-refractivity contribution in [1.82, 2.24) is 4.90 Å². The zero-order chi connectivity index (χ0) is 16.0. The predicted octanol–water partition coefficient (Wildman–Crippen LogP) is 0.771. The van der Waals surface area contributed by atoms with E-state index in [-0.39, 0.29) is 10.8 Å². The van der Waals surface area contributed by atoms with E-state index in [0.29, 0.717) is 5.02 Å². The highest BCUT2D eigenvalue weighted by atomic mass is 35.5. The Morgan fingerprint density at radius 2 is 1.86 bits per heavy atom. The Hall–Kier alpha value is -1.99. The maximum absolute atomic E-state index is 11.8. The molecule has 114 valence electrons. The molecule has 0 atom stereocenters. The molecule has 1 aromatic rings. The van der Waals surface area contributed by atoms with Crippen molar-refractivity contribution in [3.63, 3.8) is 0 Å². The molecule has 0 radical (unpaired) electrons. The summed E-state index contributed by atoms with van der Waals surface area (Å²) in [6.45, 7) is -1.61. The summed E-state index contributed by atoms with van der Waals surface area (Å²) in [6, 6.07) is 4.39.